The summed E-state index contributed by atoms with van der Waals surface area (Å²) in [5.41, 5.74) is -0.175. The SMILES string of the molecule is CCOC(C)(C)CNc1ncccc1Br. The van der Waals surface area contributed by atoms with E-state index in [4.69, 9.17) is 4.74 Å². The highest BCUT2D eigenvalue weighted by molar-refractivity contribution is 9.10. The second-order valence-corrected chi connectivity index (χ2v) is 4.73. The number of hydrogen-bond donors (Lipinski definition) is 1. The molecule has 1 rings (SSSR count). The fourth-order valence-electron chi connectivity index (χ4n) is 1.25. The van der Waals surface area contributed by atoms with E-state index in [1.54, 1.807) is 6.20 Å². The Morgan fingerprint density at radius 3 is 2.87 bits per heavy atom. The van der Waals surface area contributed by atoms with E-state index in [0.717, 1.165) is 23.4 Å². The molecular formula is C11H17BrN2O. The van der Waals surface area contributed by atoms with Gasteiger partial charge in [-0.05, 0) is 48.8 Å². The molecule has 1 aromatic rings. The van der Waals surface area contributed by atoms with E-state index < -0.39 is 0 Å². The summed E-state index contributed by atoms with van der Waals surface area (Å²) < 4.78 is 6.56. The Morgan fingerprint density at radius 1 is 1.53 bits per heavy atom. The Morgan fingerprint density at radius 2 is 2.27 bits per heavy atom. The molecule has 84 valence electrons. The van der Waals surface area contributed by atoms with Gasteiger partial charge in [-0.2, -0.15) is 0 Å². The average Bonchev–Trinajstić information content (AvgIpc) is 2.16. The number of aromatic nitrogens is 1. The van der Waals surface area contributed by atoms with Crippen molar-refractivity contribution in [1.82, 2.24) is 4.98 Å². The molecular weight excluding hydrogens is 256 g/mol. The first kappa shape index (κ1) is 12.5. The molecule has 1 heterocycles. The third-order valence-electron chi connectivity index (χ3n) is 1.98. The molecule has 0 radical (unpaired) electrons. The van der Waals surface area contributed by atoms with Gasteiger partial charge >= 0.3 is 0 Å². The van der Waals surface area contributed by atoms with Crippen LogP contribution in [0.15, 0.2) is 22.8 Å². The minimum absolute atomic E-state index is 0.175. The van der Waals surface area contributed by atoms with Gasteiger partial charge in [-0.25, -0.2) is 4.98 Å². The molecule has 0 aliphatic carbocycles. The van der Waals surface area contributed by atoms with Crippen LogP contribution in [0.4, 0.5) is 5.82 Å². The number of rotatable bonds is 5. The summed E-state index contributed by atoms with van der Waals surface area (Å²) >= 11 is 3.44. The van der Waals surface area contributed by atoms with Crippen LogP contribution in [-0.4, -0.2) is 23.7 Å². The lowest BCUT2D eigenvalue weighted by Gasteiger charge is -2.25. The Hall–Kier alpha value is -0.610. The number of nitrogens with one attached hydrogen (secondary N) is 1. The maximum absolute atomic E-state index is 5.59. The number of pyridine rings is 1. The molecule has 0 saturated heterocycles. The monoisotopic (exact) mass is 272 g/mol. The highest BCUT2D eigenvalue weighted by atomic mass is 79.9. The van der Waals surface area contributed by atoms with Gasteiger partial charge in [-0.1, -0.05) is 0 Å². The molecule has 1 aromatic heterocycles. The number of ether oxygens (including phenoxy) is 1. The largest absolute Gasteiger partial charge is 0.374 e. The van der Waals surface area contributed by atoms with Crippen LogP contribution < -0.4 is 5.32 Å². The normalized spacial score (nSPS) is 11.5. The standard InChI is InChI=1S/C11H17BrN2O/c1-4-15-11(2,3)8-14-10-9(12)6-5-7-13-10/h5-7H,4,8H2,1-3H3,(H,13,14). The van der Waals surface area contributed by atoms with E-state index >= 15 is 0 Å². The van der Waals surface area contributed by atoms with Crippen LogP contribution in [0.5, 0.6) is 0 Å². The zero-order valence-corrected chi connectivity index (χ0v) is 11.0. The van der Waals surface area contributed by atoms with Gasteiger partial charge in [0, 0.05) is 19.3 Å². The van der Waals surface area contributed by atoms with Crippen molar-refractivity contribution < 1.29 is 4.74 Å². The van der Waals surface area contributed by atoms with Crippen LogP contribution >= 0.6 is 15.9 Å². The lowest BCUT2D eigenvalue weighted by Crippen LogP contribution is -2.33. The lowest BCUT2D eigenvalue weighted by molar-refractivity contribution is 0.000634. The highest BCUT2D eigenvalue weighted by Crippen LogP contribution is 2.19. The summed E-state index contributed by atoms with van der Waals surface area (Å²) in [6.07, 6.45) is 1.76. The van der Waals surface area contributed by atoms with E-state index in [1.807, 2.05) is 19.1 Å². The molecule has 1 N–H and O–H groups in total. The van der Waals surface area contributed by atoms with Crippen molar-refractivity contribution in [3.63, 3.8) is 0 Å². The first-order chi connectivity index (χ1) is 7.05. The highest BCUT2D eigenvalue weighted by Gasteiger charge is 2.17. The second-order valence-electron chi connectivity index (χ2n) is 3.88. The van der Waals surface area contributed by atoms with Gasteiger partial charge in [0.15, 0.2) is 0 Å². The zero-order chi connectivity index (χ0) is 11.3. The molecule has 0 atom stereocenters. The van der Waals surface area contributed by atoms with Gasteiger partial charge in [0.05, 0.1) is 10.1 Å². The topological polar surface area (TPSA) is 34.1 Å². The predicted molar refractivity (Wildman–Crippen MR) is 66.1 cm³/mol. The second kappa shape index (κ2) is 5.47. The van der Waals surface area contributed by atoms with Crippen LogP contribution in [0.1, 0.15) is 20.8 Å². The van der Waals surface area contributed by atoms with Gasteiger partial charge in [0.25, 0.3) is 0 Å². The molecule has 0 aliphatic rings. The molecule has 0 unspecified atom stereocenters. The van der Waals surface area contributed by atoms with Gasteiger partial charge < -0.3 is 10.1 Å². The van der Waals surface area contributed by atoms with E-state index in [-0.39, 0.29) is 5.60 Å². The fraction of sp³-hybridized carbons (Fsp3) is 0.545. The lowest BCUT2D eigenvalue weighted by atomic mass is 10.1. The first-order valence-electron chi connectivity index (χ1n) is 5.03. The van der Waals surface area contributed by atoms with E-state index in [0.29, 0.717) is 0 Å². The van der Waals surface area contributed by atoms with Crippen LogP contribution in [0.2, 0.25) is 0 Å². The molecule has 4 heteroatoms. The Kier molecular flexibility index (Phi) is 4.54. The van der Waals surface area contributed by atoms with Gasteiger partial charge in [0.1, 0.15) is 5.82 Å². The summed E-state index contributed by atoms with van der Waals surface area (Å²) in [5.74, 6) is 0.852. The van der Waals surface area contributed by atoms with Crippen molar-refractivity contribution in [3.8, 4) is 0 Å². The first-order valence-corrected chi connectivity index (χ1v) is 5.83. The Labute approximate surface area is 99.4 Å². The summed E-state index contributed by atoms with van der Waals surface area (Å²) in [5, 5.41) is 3.26. The molecule has 0 fully saturated rings. The smallest absolute Gasteiger partial charge is 0.140 e. The number of halogens is 1. The number of nitrogens with zero attached hydrogens (tertiary/aromatic N) is 1. The van der Waals surface area contributed by atoms with E-state index in [1.165, 1.54) is 0 Å². The summed E-state index contributed by atoms with van der Waals surface area (Å²) in [6, 6.07) is 3.85. The van der Waals surface area contributed by atoms with Crippen molar-refractivity contribution in [2.75, 3.05) is 18.5 Å². The number of hydrogen-bond acceptors (Lipinski definition) is 3. The van der Waals surface area contributed by atoms with Crippen LogP contribution in [0.25, 0.3) is 0 Å². The molecule has 0 spiro atoms. The van der Waals surface area contributed by atoms with Crippen LogP contribution in [0.3, 0.4) is 0 Å². The molecule has 0 aliphatic heterocycles. The van der Waals surface area contributed by atoms with Crippen molar-refractivity contribution in [2.24, 2.45) is 0 Å². The fourth-order valence-corrected chi connectivity index (χ4v) is 1.65. The van der Waals surface area contributed by atoms with E-state index in [9.17, 15) is 0 Å². The minimum Gasteiger partial charge on any atom is -0.374 e. The molecule has 15 heavy (non-hydrogen) atoms. The third kappa shape index (κ3) is 4.18. The van der Waals surface area contributed by atoms with Crippen molar-refractivity contribution >= 4 is 21.7 Å². The zero-order valence-electron chi connectivity index (χ0n) is 9.38. The molecule has 0 saturated carbocycles. The van der Waals surface area contributed by atoms with E-state index in [2.05, 4.69) is 40.1 Å². The summed E-state index contributed by atoms with van der Waals surface area (Å²) in [7, 11) is 0. The third-order valence-corrected chi connectivity index (χ3v) is 2.62. The summed E-state index contributed by atoms with van der Waals surface area (Å²) in [4.78, 5) is 4.23. The van der Waals surface area contributed by atoms with Crippen LogP contribution in [0, 0.1) is 0 Å². The molecule has 0 amide bonds. The maximum Gasteiger partial charge on any atom is 0.140 e. The Bertz CT molecular complexity index is 315. The molecule has 0 bridgehead atoms. The average molecular weight is 273 g/mol. The molecule has 0 aromatic carbocycles. The van der Waals surface area contributed by atoms with Gasteiger partial charge in [-0.15, -0.1) is 0 Å². The van der Waals surface area contributed by atoms with Crippen molar-refractivity contribution in [2.45, 2.75) is 26.4 Å². The number of anilines is 1. The minimum atomic E-state index is -0.175. The molecule has 3 nitrogen and oxygen atoms in total. The quantitative estimate of drug-likeness (QED) is 0.895. The Balaban J connectivity index is 2.53. The van der Waals surface area contributed by atoms with Crippen LogP contribution in [-0.2, 0) is 4.74 Å². The van der Waals surface area contributed by atoms with Gasteiger partial charge in [0.2, 0.25) is 0 Å². The van der Waals surface area contributed by atoms with Crippen molar-refractivity contribution in [3.05, 3.63) is 22.8 Å². The predicted octanol–water partition coefficient (Wildman–Crippen LogP) is 3.07. The van der Waals surface area contributed by atoms with Gasteiger partial charge in [-0.3, -0.25) is 0 Å². The van der Waals surface area contributed by atoms with Crippen molar-refractivity contribution in [1.29, 1.82) is 0 Å². The maximum atomic E-state index is 5.59. The summed E-state index contributed by atoms with van der Waals surface area (Å²) in [6.45, 7) is 7.56.